The van der Waals surface area contributed by atoms with E-state index in [1.807, 2.05) is 37.7 Å². The Kier molecular flexibility index (Phi) is 4.26. The van der Waals surface area contributed by atoms with Crippen LogP contribution in [0.4, 0.5) is 0 Å². The van der Waals surface area contributed by atoms with Crippen molar-refractivity contribution in [1.29, 1.82) is 0 Å². The lowest BCUT2D eigenvalue weighted by Gasteiger charge is -2.10. The molecule has 21 heavy (non-hydrogen) atoms. The molecule has 112 valence electrons. The first-order chi connectivity index (χ1) is 9.90. The Morgan fingerprint density at radius 2 is 2.05 bits per heavy atom. The van der Waals surface area contributed by atoms with Crippen LogP contribution in [0.15, 0.2) is 23.1 Å². The zero-order valence-corrected chi connectivity index (χ0v) is 12.8. The first-order valence-corrected chi connectivity index (χ1v) is 6.85. The standard InChI is InChI=1S/C15H20N4O2/c1-10-9-11(2)19(15(21)17-10)8-6-16-14(20)13-5-7-18(4)12(13)3/h5,7,9H,6,8H2,1-4H3,(H,16,20). The van der Waals surface area contributed by atoms with E-state index in [9.17, 15) is 9.59 Å². The van der Waals surface area contributed by atoms with Crippen LogP contribution in [-0.2, 0) is 13.6 Å². The first-order valence-electron chi connectivity index (χ1n) is 6.85. The van der Waals surface area contributed by atoms with Crippen LogP contribution >= 0.6 is 0 Å². The van der Waals surface area contributed by atoms with Gasteiger partial charge in [0.15, 0.2) is 0 Å². The lowest BCUT2D eigenvalue weighted by atomic mass is 10.2. The summed E-state index contributed by atoms with van der Waals surface area (Å²) in [5.74, 6) is -0.126. The Balaban J connectivity index is 2.01. The van der Waals surface area contributed by atoms with Gasteiger partial charge >= 0.3 is 5.69 Å². The number of amides is 1. The summed E-state index contributed by atoms with van der Waals surface area (Å²) >= 11 is 0. The summed E-state index contributed by atoms with van der Waals surface area (Å²) in [6, 6.07) is 3.64. The highest BCUT2D eigenvalue weighted by Gasteiger charge is 2.11. The van der Waals surface area contributed by atoms with Crippen molar-refractivity contribution in [3.63, 3.8) is 0 Å². The lowest BCUT2D eigenvalue weighted by Crippen LogP contribution is -2.33. The monoisotopic (exact) mass is 288 g/mol. The van der Waals surface area contributed by atoms with Crippen LogP contribution in [0.25, 0.3) is 0 Å². The zero-order chi connectivity index (χ0) is 15.6. The molecule has 2 rings (SSSR count). The van der Waals surface area contributed by atoms with E-state index in [0.717, 1.165) is 11.4 Å². The fourth-order valence-electron chi connectivity index (χ4n) is 2.27. The smallest absolute Gasteiger partial charge is 0.348 e. The first kappa shape index (κ1) is 15.0. The van der Waals surface area contributed by atoms with Crippen molar-refractivity contribution >= 4 is 5.91 Å². The Labute approximate surface area is 123 Å². The summed E-state index contributed by atoms with van der Waals surface area (Å²) in [5.41, 5.74) is 2.84. The van der Waals surface area contributed by atoms with E-state index in [4.69, 9.17) is 0 Å². The summed E-state index contributed by atoms with van der Waals surface area (Å²) in [6.45, 7) is 6.35. The third-order valence-electron chi connectivity index (χ3n) is 3.60. The van der Waals surface area contributed by atoms with Crippen molar-refractivity contribution < 1.29 is 4.79 Å². The van der Waals surface area contributed by atoms with Gasteiger partial charge in [0.05, 0.1) is 5.56 Å². The van der Waals surface area contributed by atoms with E-state index in [-0.39, 0.29) is 11.6 Å². The largest absolute Gasteiger partial charge is 0.354 e. The second kappa shape index (κ2) is 5.95. The van der Waals surface area contributed by atoms with E-state index < -0.39 is 0 Å². The van der Waals surface area contributed by atoms with E-state index in [0.29, 0.717) is 24.3 Å². The number of nitrogens with zero attached hydrogens (tertiary/aromatic N) is 3. The Morgan fingerprint density at radius 3 is 2.62 bits per heavy atom. The molecule has 0 fully saturated rings. The molecular formula is C15H20N4O2. The number of rotatable bonds is 4. The number of hydrogen-bond donors (Lipinski definition) is 1. The second-order valence-corrected chi connectivity index (χ2v) is 5.15. The normalized spacial score (nSPS) is 10.7. The van der Waals surface area contributed by atoms with Crippen molar-refractivity contribution in [3.05, 3.63) is 51.5 Å². The van der Waals surface area contributed by atoms with Gasteiger partial charge in [-0.15, -0.1) is 0 Å². The van der Waals surface area contributed by atoms with Gasteiger partial charge in [0.1, 0.15) is 0 Å². The van der Waals surface area contributed by atoms with Gasteiger partial charge in [0.25, 0.3) is 5.91 Å². The number of aryl methyl sites for hydroxylation is 3. The van der Waals surface area contributed by atoms with Gasteiger partial charge in [0, 0.05) is 43.4 Å². The van der Waals surface area contributed by atoms with Gasteiger partial charge in [-0.05, 0) is 32.9 Å². The highest BCUT2D eigenvalue weighted by Crippen LogP contribution is 2.07. The topological polar surface area (TPSA) is 68.9 Å². The molecule has 0 aliphatic rings. The van der Waals surface area contributed by atoms with Crippen LogP contribution < -0.4 is 11.0 Å². The average molecular weight is 288 g/mol. The van der Waals surface area contributed by atoms with Crippen molar-refractivity contribution in [2.75, 3.05) is 6.54 Å². The molecule has 2 aromatic heterocycles. The van der Waals surface area contributed by atoms with Gasteiger partial charge < -0.3 is 9.88 Å². The van der Waals surface area contributed by atoms with Gasteiger partial charge in [-0.2, -0.15) is 4.98 Å². The molecule has 0 bridgehead atoms. The maximum atomic E-state index is 12.1. The molecule has 2 aromatic rings. The molecule has 0 atom stereocenters. The molecule has 0 aliphatic heterocycles. The van der Waals surface area contributed by atoms with Gasteiger partial charge in [-0.1, -0.05) is 0 Å². The molecule has 1 amide bonds. The molecule has 0 saturated heterocycles. The summed E-state index contributed by atoms with van der Waals surface area (Å²) < 4.78 is 3.46. The molecule has 6 heteroatoms. The van der Waals surface area contributed by atoms with Crippen molar-refractivity contribution in [1.82, 2.24) is 19.4 Å². The minimum Gasteiger partial charge on any atom is -0.354 e. The summed E-state index contributed by atoms with van der Waals surface area (Å²) in [5, 5.41) is 2.83. The molecule has 0 spiro atoms. The fourth-order valence-corrected chi connectivity index (χ4v) is 2.27. The number of carbonyl (C=O) groups is 1. The summed E-state index contributed by atoms with van der Waals surface area (Å²) in [7, 11) is 1.90. The Hall–Kier alpha value is -2.37. The molecule has 0 aromatic carbocycles. The predicted molar refractivity (Wildman–Crippen MR) is 80.5 cm³/mol. The third-order valence-corrected chi connectivity index (χ3v) is 3.60. The summed E-state index contributed by atoms with van der Waals surface area (Å²) in [6.07, 6.45) is 1.85. The number of carbonyl (C=O) groups excluding carboxylic acids is 1. The molecule has 2 heterocycles. The van der Waals surface area contributed by atoms with Crippen molar-refractivity contribution in [2.45, 2.75) is 27.3 Å². The minimum absolute atomic E-state index is 0.126. The minimum atomic E-state index is -0.280. The van der Waals surface area contributed by atoms with Crippen LogP contribution in [-0.4, -0.2) is 26.6 Å². The third kappa shape index (κ3) is 3.21. The van der Waals surface area contributed by atoms with Crippen molar-refractivity contribution in [3.8, 4) is 0 Å². The predicted octanol–water partition coefficient (Wildman–Crippen LogP) is 0.937. The number of nitrogens with one attached hydrogen (secondary N) is 1. The van der Waals surface area contributed by atoms with E-state index in [1.165, 1.54) is 0 Å². The molecule has 1 N–H and O–H groups in total. The molecule has 0 saturated carbocycles. The molecule has 6 nitrogen and oxygen atoms in total. The van der Waals surface area contributed by atoms with Crippen LogP contribution in [0.1, 0.15) is 27.4 Å². The number of hydrogen-bond acceptors (Lipinski definition) is 3. The molecular weight excluding hydrogens is 268 g/mol. The second-order valence-electron chi connectivity index (χ2n) is 5.15. The highest BCUT2D eigenvalue weighted by atomic mass is 16.2. The van der Waals surface area contributed by atoms with Crippen LogP contribution in [0, 0.1) is 20.8 Å². The Bertz CT molecular complexity index is 728. The number of aromatic nitrogens is 3. The van der Waals surface area contributed by atoms with Gasteiger partial charge in [0.2, 0.25) is 0 Å². The van der Waals surface area contributed by atoms with Gasteiger partial charge in [-0.25, -0.2) is 4.79 Å². The SMILES string of the molecule is Cc1cc(C)n(CCNC(=O)c2ccn(C)c2C)c(=O)n1. The van der Waals surface area contributed by atoms with Crippen molar-refractivity contribution in [2.24, 2.45) is 7.05 Å². The zero-order valence-electron chi connectivity index (χ0n) is 12.8. The quantitative estimate of drug-likeness (QED) is 0.910. The fraction of sp³-hybridized carbons (Fsp3) is 0.400. The van der Waals surface area contributed by atoms with E-state index in [2.05, 4.69) is 10.3 Å². The maximum Gasteiger partial charge on any atom is 0.348 e. The van der Waals surface area contributed by atoms with Crippen LogP contribution in [0.2, 0.25) is 0 Å². The Morgan fingerprint density at radius 1 is 1.33 bits per heavy atom. The van der Waals surface area contributed by atoms with E-state index >= 15 is 0 Å². The molecule has 0 unspecified atom stereocenters. The summed E-state index contributed by atoms with van der Waals surface area (Å²) in [4.78, 5) is 27.8. The molecule has 0 aliphatic carbocycles. The van der Waals surface area contributed by atoms with Crippen LogP contribution in [0.5, 0.6) is 0 Å². The van der Waals surface area contributed by atoms with Crippen LogP contribution in [0.3, 0.4) is 0 Å². The van der Waals surface area contributed by atoms with Gasteiger partial charge in [-0.3, -0.25) is 9.36 Å². The van der Waals surface area contributed by atoms with E-state index in [1.54, 1.807) is 17.6 Å². The average Bonchev–Trinajstić information content (AvgIpc) is 2.73. The molecule has 0 radical (unpaired) electrons. The lowest BCUT2D eigenvalue weighted by molar-refractivity contribution is 0.0951. The maximum absolute atomic E-state index is 12.1. The highest BCUT2D eigenvalue weighted by molar-refractivity contribution is 5.95.